The van der Waals surface area contributed by atoms with Crippen molar-refractivity contribution in [3.8, 4) is 0 Å². The summed E-state index contributed by atoms with van der Waals surface area (Å²) in [4.78, 5) is 49.3. The van der Waals surface area contributed by atoms with Crippen LogP contribution in [-0.2, 0) is 23.8 Å². The predicted molar refractivity (Wildman–Crippen MR) is 111 cm³/mol. The average molecular weight is 427 g/mol. The van der Waals surface area contributed by atoms with Gasteiger partial charge in [0.15, 0.2) is 5.41 Å². The van der Waals surface area contributed by atoms with E-state index in [4.69, 9.17) is 14.2 Å². The van der Waals surface area contributed by atoms with Crippen molar-refractivity contribution in [2.45, 2.75) is 26.2 Å². The molecule has 3 rings (SSSR count). The van der Waals surface area contributed by atoms with Crippen molar-refractivity contribution >= 4 is 34.7 Å². The number of fused-ring (bicyclic) bond motifs is 1. The summed E-state index contributed by atoms with van der Waals surface area (Å²) in [6, 6.07) is 8.88. The lowest BCUT2D eigenvalue weighted by molar-refractivity contribution is -0.161. The third-order valence-corrected chi connectivity index (χ3v) is 5.45. The van der Waals surface area contributed by atoms with Crippen molar-refractivity contribution in [3.05, 3.63) is 48.2 Å². The fourth-order valence-electron chi connectivity index (χ4n) is 3.80. The number of carbonyl (C=O) groups is 4. The number of benzene rings is 1. The van der Waals surface area contributed by atoms with Gasteiger partial charge in [0.2, 0.25) is 5.91 Å². The van der Waals surface area contributed by atoms with Crippen molar-refractivity contribution in [2.24, 2.45) is 11.3 Å². The first kappa shape index (κ1) is 22.3. The Labute approximate surface area is 179 Å². The summed E-state index contributed by atoms with van der Waals surface area (Å²) < 4.78 is 16.0. The maximum absolute atomic E-state index is 12.9. The first-order valence-corrected chi connectivity index (χ1v) is 10.0. The Balaban J connectivity index is 1.71. The topological polar surface area (TPSA) is 101 Å². The average Bonchev–Trinajstić information content (AvgIpc) is 3.38. The molecular formula is C23H25NO7. The molecule has 0 aliphatic heterocycles. The van der Waals surface area contributed by atoms with Gasteiger partial charge < -0.3 is 14.2 Å². The summed E-state index contributed by atoms with van der Waals surface area (Å²) in [6.07, 6.45) is 4.32. The highest BCUT2D eigenvalue weighted by atomic mass is 16.5. The minimum atomic E-state index is -1.29. The number of ether oxygens (including phenoxy) is 3. The van der Waals surface area contributed by atoms with Crippen LogP contribution in [-0.4, -0.2) is 49.2 Å². The number of allylic oxidation sites excluding steroid dienone is 2. The van der Waals surface area contributed by atoms with Crippen LogP contribution in [0.2, 0.25) is 0 Å². The zero-order chi connectivity index (χ0) is 22.6. The van der Waals surface area contributed by atoms with Crippen molar-refractivity contribution in [2.75, 3.05) is 20.8 Å². The van der Waals surface area contributed by atoms with E-state index < -0.39 is 23.3 Å². The molecule has 0 spiro atoms. The fourth-order valence-corrected chi connectivity index (χ4v) is 3.80. The van der Waals surface area contributed by atoms with Gasteiger partial charge in [0, 0.05) is 17.7 Å². The number of methoxy groups -OCH3 is 2. The van der Waals surface area contributed by atoms with Crippen molar-refractivity contribution < 1.29 is 33.4 Å². The quantitative estimate of drug-likeness (QED) is 0.276. The number of hydrogen-bond donors (Lipinski definition) is 0. The number of carbonyl (C=O) groups excluding carboxylic acids is 4. The first-order valence-electron chi connectivity index (χ1n) is 10.0. The van der Waals surface area contributed by atoms with Crippen LogP contribution in [0.4, 0.5) is 0 Å². The van der Waals surface area contributed by atoms with E-state index in [-0.39, 0.29) is 30.5 Å². The van der Waals surface area contributed by atoms with Crippen molar-refractivity contribution in [1.29, 1.82) is 0 Å². The molecule has 0 saturated heterocycles. The Kier molecular flexibility index (Phi) is 6.58. The molecule has 1 unspecified atom stereocenters. The summed E-state index contributed by atoms with van der Waals surface area (Å²) >= 11 is 0. The molecule has 0 N–H and O–H groups in total. The van der Waals surface area contributed by atoms with E-state index in [1.54, 1.807) is 37.3 Å². The molecule has 8 heteroatoms. The highest BCUT2D eigenvalue weighted by Gasteiger charge is 2.66. The largest absolute Gasteiger partial charge is 0.468 e. The Morgan fingerprint density at radius 1 is 1.13 bits per heavy atom. The van der Waals surface area contributed by atoms with E-state index in [0.29, 0.717) is 18.4 Å². The summed E-state index contributed by atoms with van der Waals surface area (Å²) in [5.41, 5.74) is -0.468. The van der Waals surface area contributed by atoms with Crippen LogP contribution in [0.5, 0.6) is 0 Å². The maximum atomic E-state index is 12.9. The second-order valence-corrected chi connectivity index (χ2v) is 7.27. The van der Waals surface area contributed by atoms with Crippen LogP contribution in [0.15, 0.2) is 42.5 Å². The monoisotopic (exact) mass is 427 g/mol. The van der Waals surface area contributed by atoms with Gasteiger partial charge in [-0.2, -0.15) is 0 Å². The molecule has 0 amide bonds. The van der Waals surface area contributed by atoms with Crippen LogP contribution in [0.3, 0.4) is 0 Å². The normalized spacial score (nSPS) is 16.8. The van der Waals surface area contributed by atoms with E-state index in [1.165, 1.54) is 18.8 Å². The van der Waals surface area contributed by atoms with E-state index in [0.717, 1.165) is 5.39 Å². The molecule has 1 atom stereocenters. The lowest BCUT2D eigenvalue weighted by atomic mass is 10.0. The molecule has 2 aromatic rings. The lowest BCUT2D eigenvalue weighted by Crippen LogP contribution is -2.30. The molecule has 164 valence electrons. The Morgan fingerprint density at radius 3 is 2.45 bits per heavy atom. The van der Waals surface area contributed by atoms with E-state index in [9.17, 15) is 19.2 Å². The molecule has 31 heavy (non-hydrogen) atoms. The van der Waals surface area contributed by atoms with Gasteiger partial charge in [-0.3, -0.25) is 19.0 Å². The first-order chi connectivity index (χ1) is 14.9. The minimum Gasteiger partial charge on any atom is -0.468 e. The van der Waals surface area contributed by atoms with Crippen molar-refractivity contribution in [1.82, 2.24) is 4.57 Å². The molecule has 1 saturated carbocycles. The summed E-state index contributed by atoms with van der Waals surface area (Å²) in [5, 5.41) is 0.772. The lowest BCUT2D eigenvalue weighted by Gasteiger charge is -2.10. The Hall–Kier alpha value is -3.42. The van der Waals surface area contributed by atoms with Gasteiger partial charge in [0.05, 0.1) is 26.3 Å². The summed E-state index contributed by atoms with van der Waals surface area (Å²) in [7, 11) is 2.46. The maximum Gasteiger partial charge on any atom is 0.355 e. The van der Waals surface area contributed by atoms with Crippen LogP contribution in [0.25, 0.3) is 10.9 Å². The Morgan fingerprint density at radius 2 is 1.81 bits per heavy atom. The van der Waals surface area contributed by atoms with Crippen molar-refractivity contribution in [3.63, 3.8) is 0 Å². The minimum absolute atomic E-state index is 0.137. The zero-order valence-electron chi connectivity index (χ0n) is 17.8. The zero-order valence-corrected chi connectivity index (χ0v) is 17.8. The van der Waals surface area contributed by atoms with Gasteiger partial charge in [-0.25, -0.2) is 4.79 Å². The van der Waals surface area contributed by atoms with Gasteiger partial charge in [-0.15, -0.1) is 0 Å². The molecule has 1 fully saturated rings. The third-order valence-electron chi connectivity index (χ3n) is 5.45. The molecule has 1 aliphatic carbocycles. The predicted octanol–water partition coefficient (Wildman–Crippen LogP) is 3.15. The molecule has 0 bridgehead atoms. The number of para-hydroxylation sites is 1. The van der Waals surface area contributed by atoms with Crippen LogP contribution >= 0.6 is 0 Å². The number of aromatic nitrogens is 1. The van der Waals surface area contributed by atoms with Crippen LogP contribution < -0.4 is 0 Å². The summed E-state index contributed by atoms with van der Waals surface area (Å²) in [5.74, 6) is -2.38. The number of nitrogens with zero attached hydrogens (tertiary/aromatic N) is 1. The highest BCUT2D eigenvalue weighted by Crippen LogP contribution is 2.55. The van der Waals surface area contributed by atoms with Crippen LogP contribution in [0, 0.1) is 11.3 Å². The fraction of sp³-hybridized carbons (Fsp3) is 0.391. The smallest absolute Gasteiger partial charge is 0.355 e. The molecule has 8 nitrogen and oxygen atoms in total. The SMILES string of the molecule is CCOC(=O)c1cc2ccccc2n1C(=O)CC/C=C/C1CC1(C(=O)OC)C(=O)OC. The summed E-state index contributed by atoms with van der Waals surface area (Å²) in [6.45, 7) is 1.92. The third kappa shape index (κ3) is 4.10. The van der Waals surface area contributed by atoms with Crippen LogP contribution in [0.1, 0.15) is 41.5 Å². The molecule has 1 aromatic heterocycles. The van der Waals surface area contributed by atoms with Gasteiger partial charge >= 0.3 is 17.9 Å². The number of hydrogen-bond acceptors (Lipinski definition) is 7. The van der Waals surface area contributed by atoms with E-state index >= 15 is 0 Å². The molecule has 1 heterocycles. The van der Waals surface area contributed by atoms with Gasteiger partial charge in [0.1, 0.15) is 5.69 Å². The van der Waals surface area contributed by atoms with Gasteiger partial charge in [-0.1, -0.05) is 30.4 Å². The standard InChI is InChI=1S/C23H25NO7/c1-4-31-20(26)18-13-15-9-5-7-11-17(15)24(18)19(25)12-8-6-10-16-14-23(16,21(27)29-2)22(28)30-3/h5-7,9-11,13,16H,4,8,12,14H2,1-3H3/b10-6+. The molecule has 1 aliphatic rings. The van der Waals surface area contributed by atoms with Gasteiger partial charge in [-0.05, 0) is 31.9 Å². The van der Waals surface area contributed by atoms with E-state index in [2.05, 4.69) is 0 Å². The number of rotatable bonds is 8. The van der Waals surface area contributed by atoms with E-state index in [1.807, 2.05) is 12.1 Å². The highest BCUT2D eigenvalue weighted by molar-refractivity contribution is 6.04. The molecular weight excluding hydrogens is 402 g/mol. The molecule has 0 radical (unpaired) electrons. The number of esters is 3. The second kappa shape index (κ2) is 9.16. The second-order valence-electron chi connectivity index (χ2n) is 7.27. The Bertz CT molecular complexity index is 1030. The molecule has 1 aromatic carbocycles. The van der Waals surface area contributed by atoms with Gasteiger partial charge in [0.25, 0.3) is 0 Å².